The van der Waals surface area contributed by atoms with Crippen LogP contribution in [0.25, 0.3) is 0 Å². The lowest BCUT2D eigenvalue weighted by Gasteiger charge is -2.03. The summed E-state index contributed by atoms with van der Waals surface area (Å²) in [7, 11) is 0. The van der Waals surface area contributed by atoms with Crippen LogP contribution in [0.1, 0.15) is 89.5 Å². The first kappa shape index (κ1) is 18.1. The molecular weight excluding hydrogens is 256 g/mol. The maximum Gasteiger partial charge on any atom is 0.115 e. The number of rotatable bonds is 13. The summed E-state index contributed by atoms with van der Waals surface area (Å²) in [6.45, 7) is 2.28. The highest BCUT2D eigenvalue weighted by atomic mass is 16.3. The van der Waals surface area contributed by atoms with Gasteiger partial charge in [0.2, 0.25) is 0 Å². The van der Waals surface area contributed by atoms with Gasteiger partial charge in [0, 0.05) is 0 Å². The van der Waals surface area contributed by atoms with Crippen molar-refractivity contribution in [1.82, 2.24) is 0 Å². The van der Waals surface area contributed by atoms with Crippen LogP contribution in [0.5, 0.6) is 5.75 Å². The van der Waals surface area contributed by atoms with Gasteiger partial charge in [0.15, 0.2) is 0 Å². The average molecular weight is 289 g/mol. The van der Waals surface area contributed by atoms with Crippen LogP contribution < -0.4 is 0 Å². The summed E-state index contributed by atoms with van der Waals surface area (Å²) in [6.07, 6.45) is 18.7. The van der Waals surface area contributed by atoms with E-state index in [1.807, 2.05) is 12.1 Å². The number of aromatic hydroxyl groups is 1. The van der Waals surface area contributed by atoms with Gasteiger partial charge in [-0.3, -0.25) is 0 Å². The van der Waals surface area contributed by atoms with Crippen molar-refractivity contribution in [3.05, 3.63) is 36.2 Å². The van der Waals surface area contributed by atoms with Crippen LogP contribution in [0.2, 0.25) is 0 Å². The third-order valence-electron chi connectivity index (χ3n) is 4.06. The zero-order valence-electron chi connectivity index (χ0n) is 13.8. The largest absolute Gasteiger partial charge is 0.508 e. The Bertz CT molecular complexity index is 345. The smallest absolute Gasteiger partial charge is 0.115 e. The molecule has 0 saturated heterocycles. The van der Waals surface area contributed by atoms with E-state index in [0.717, 1.165) is 12.0 Å². The lowest BCUT2D eigenvalue weighted by atomic mass is 10.0. The molecule has 119 valence electrons. The quantitative estimate of drug-likeness (QED) is 0.403. The van der Waals surface area contributed by atoms with E-state index in [4.69, 9.17) is 0 Å². The van der Waals surface area contributed by atoms with Gasteiger partial charge < -0.3 is 5.11 Å². The van der Waals surface area contributed by atoms with Crippen molar-refractivity contribution in [2.75, 3.05) is 0 Å². The minimum Gasteiger partial charge on any atom is -0.508 e. The van der Waals surface area contributed by atoms with Crippen molar-refractivity contribution in [1.29, 1.82) is 0 Å². The van der Waals surface area contributed by atoms with Gasteiger partial charge in [-0.1, -0.05) is 89.7 Å². The molecule has 1 N–H and O–H groups in total. The Morgan fingerprint density at radius 1 is 0.810 bits per heavy atom. The zero-order valence-corrected chi connectivity index (χ0v) is 13.8. The first-order valence-corrected chi connectivity index (χ1v) is 8.95. The van der Waals surface area contributed by atoms with E-state index in [1.54, 1.807) is 6.07 Å². The fraction of sp³-hybridized carbons (Fsp3) is 0.650. The summed E-state index contributed by atoms with van der Waals surface area (Å²) in [4.78, 5) is 0. The van der Waals surface area contributed by atoms with Gasteiger partial charge in [-0.25, -0.2) is 0 Å². The maximum atomic E-state index is 9.38. The Morgan fingerprint density at radius 3 is 1.95 bits per heavy atom. The second-order valence-electron chi connectivity index (χ2n) is 6.12. The molecule has 0 aliphatic rings. The topological polar surface area (TPSA) is 20.2 Å². The van der Waals surface area contributed by atoms with E-state index < -0.39 is 0 Å². The van der Waals surface area contributed by atoms with E-state index in [1.165, 1.54) is 70.6 Å². The highest BCUT2D eigenvalue weighted by Crippen LogP contribution is 2.16. The number of hydrogen-bond donors (Lipinski definition) is 1. The SMILES string of the molecule is CCCCCCCCCCCCC[CH]c1cccc(O)c1. The van der Waals surface area contributed by atoms with Crippen molar-refractivity contribution in [2.24, 2.45) is 0 Å². The summed E-state index contributed by atoms with van der Waals surface area (Å²) in [5, 5.41) is 9.38. The lowest BCUT2D eigenvalue weighted by molar-refractivity contribution is 0.475. The Hall–Kier alpha value is -0.980. The molecule has 0 aliphatic carbocycles. The van der Waals surface area contributed by atoms with Crippen LogP contribution in [0.15, 0.2) is 24.3 Å². The highest BCUT2D eigenvalue weighted by Gasteiger charge is 1.96. The van der Waals surface area contributed by atoms with Crippen LogP contribution in [-0.4, -0.2) is 5.11 Å². The molecule has 1 radical (unpaired) electrons. The van der Waals surface area contributed by atoms with Gasteiger partial charge in [0.05, 0.1) is 0 Å². The molecule has 1 rings (SSSR count). The third-order valence-corrected chi connectivity index (χ3v) is 4.06. The highest BCUT2D eigenvalue weighted by molar-refractivity contribution is 5.31. The minimum atomic E-state index is 0.364. The van der Waals surface area contributed by atoms with Gasteiger partial charge in [-0.15, -0.1) is 0 Å². The van der Waals surface area contributed by atoms with E-state index in [0.29, 0.717) is 5.75 Å². The molecule has 0 aromatic heterocycles. The van der Waals surface area contributed by atoms with E-state index in [9.17, 15) is 5.11 Å². The Kier molecular flexibility index (Phi) is 11.0. The first-order valence-electron chi connectivity index (χ1n) is 8.95. The Morgan fingerprint density at radius 2 is 1.38 bits per heavy atom. The zero-order chi connectivity index (χ0) is 15.2. The van der Waals surface area contributed by atoms with E-state index in [2.05, 4.69) is 19.4 Å². The van der Waals surface area contributed by atoms with Crippen LogP contribution >= 0.6 is 0 Å². The fourth-order valence-electron chi connectivity index (χ4n) is 2.73. The summed E-state index contributed by atoms with van der Waals surface area (Å²) in [6, 6.07) is 7.51. The molecule has 21 heavy (non-hydrogen) atoms. The molecule has 0 bridgehead atoms. The number of unbranched alkanes of at least 4 members (excludes halogenated alkanes) is 11. The monoisotopic (exact) mass is 289 g/mol. The number of phenols is 1. The van der Waals surface area contributed by atoms with Crippen molar-refractivity contribution in [3.8, 4) is 5.75 Å². The standard InChI is InChI=1S/C20H33O/c1-2-3-4-5-6-7-8-9-10-11-12-13-15-19-16-14-17-20(21)18-19/h14-18,21H,2-13H2,1H3. The van der Waals surface area contributed by atoms with Crippen LogP contribution in [0.4, 0.5) is 0 Å². The normalized spacial score (nSPS) is 10.9. The van der Waals surface area contributed by atoms with Crippen LogP contribution in [-0.2, 0) is 0 Å². The molecule has 1 aromatic rings. The van der Waals surface area contributed by atoms with Gasteiger partial charge >= 0.3 is 0 Å². The van der Waals surface area contributed by atoms with Crippen molar-refractivity contribution < 1.29 is 5.11 Å². The summed E-state index contributed by atoms with van der Waals surface area (Å²) in [5.74, 6) is 0.364. The second-order valence-corrected chi connectivity index (χ2v) is 6.12. The third kappa shape index (κ3) is 10.4. The molecule has 1 heteroatoms. The molecular formula is C20H33O. The molecule has 0 spiro atoms. The van der Waals surface area contributed by atoms with Gasteiger partial charge in [0.1, 0.15) is 5.75 Å². The van der Waals surface area contributed by atoms with Crippen molar-refractivity contribution in [2.45, 2.75) is 84.0 Å². The van der Waals surface area contributed by atoms with E-state index in [-0.39, 0.29) is 0 Å². The van der Waals surface area contributed by atoms with Crippen LogP contribution in [0, 0.1) is 6.42 Å². The van der Waals surface area contributed by atoms with Crippen molar-refractivity contribution >= 4 is 0 Å². The molecule has 0 fully saturated rings. The summed E-state index contributed by atoms with van der Waals surface area (Å²) in [5.41, 5.74) is 1.14. The Balaban J connectivity index is 1.82. The number of benzene rings is 1. The van der Waals surface area contributed by atoms with Gasteiger partial charge in [-0.05, 0) is 30.5 Å². The molecule has 0 amide bonds. The van der Waals surface area contributed by atoms with E-state index >= 15 is 0 Å². The minimum absolute atomic E-state index is 0.364. The average Bonchev–Trinajstić information content (AvgIpc) is 2.48. The van der Waals surface area contributed by atoms with Crippen molar-refractivity contribution in [3.63, 3.8) is 0 Å². The van der Waals surface area contributed by atoms with Crippen LogP contribution in [0.3, 0.4) is 0 Å². The number of hydrogen-bond acceptors (Lipinski definition) is 1. The molecule has 0 heterocycles. The lowest BCUT2D eigenvalue weighted by Crippen LogP contribution is -1.84. The predicted octanol–water partition coefficient (Wildman–Crippen LogP) is 6.65. The number of phenolic OH excluding ortho intramolecular Hbond substituents is 1. The predicted molar refractivity (Wildman–Crippen MR) is 92.6 cm³/mol. The Labute approximate surface area is 131 Å². The summed E-state index contributed by atoms with van der Waals surface area (Å²) < 4.78 is 0. The van der Waals surface area contributed by atoms with Gasteiger partial charge in [-0.2, -0.15) is 0 Å². The van der Waals surface area contributed by atoms with Gasteiger partial charge in [0.25, 0.3) is 0 Å². The molecule has 0 atom stereocenters. The molecule has 0 saturated carbocycles. The fourth-order valence-corrected chi connectivity index (χ4v) is 2.73. The first-order chi connectivity index (χ1) is 10.3. The molecule has 0 unspecified atom stereocenters. The second kappa shape index (κ2) is 12.7. The summed E-state index contributed by atoms with van der Waals surface area (Å²) >= 11 is 0. The maximum absolute atomic E-state index is 9.38. The molecule has 1 nitrogen and oxygen atoms in total. The molecule has 1 aromatic carbocycles. The molecule has 0 aliphatic heterocycles.